The molecule has 1 atom stereocenters. The molecule has 0 aromatic rings. The summed E-state index contributed by atoms with van der Waals surface area (Å²) < 4.78 is 0. The molecule has 1 unspecified atom stereocenters. The maximum absolute atomic E-state index is 6.07. The van der Waals surface area contributed by atoms with E-state index in [2.05, 4.69) is 25.8 Å². The summed E-state index contributed by atoms with van der Waals surface area (Å²) >= 11 is 0. The molecular formula is C16H32N2. The first-order chi connectivity index (χ1) is 8.53. The van der Waals surface area contributed by atoms with Crippen LogP contribution in [-0.2, 0) is 0 Å². The minimum absolute atomic E-state index is 0.572. The number of likely N-dealkylation sites (N-methyl/N-ethyl adjacent to an activating group) is 1. The summed E-state index contributed by atoms with van der Waals surface area (Å²) in [6.45, 7) is 5.68. The molecule has 0 aliphatic heterocycles. The number of rotatable bonds is 4. The number of hydrogen-bond acceptors (Lipinski definition) is 2. The molecule has 2 aliphatic carbocycles. The van der Waals surface area contributed by atoms with Gasteiger partial charge >= 0.3 is 0 Å². The molecular weight excluding hydrogens is 220 g/mol. The van der Waals surface area contributed by atoms with Crippen molar-refractivity contribution in [3.8, 4) is 0 Å². The highest BCUT2D eigenvalue weighted by Gasteiger charge is 2.34. The molecule has 2 N–H and O–H groups in total. The van der Waals surface area contributed by atoms with Crippen LogP contribution in [0.5, 0.6) is 0 Å². The Hall–Kier alpha value is -0.0800. The molecule has 18 heavy (non-hydrogen) atoms. The highest BCUT2D eigenvalue weighted by molar-refractivity contribution is 4.89. The highest BCUT2D eigenvalue weighted by atomic mass is 15.2. The van der Waals surface area contributed by atoms with Gasteiger partial charge in [0.25, 0.3) is 0 Å². The van der Waals surface area contributed by atoms with Crippen LogP contribution in [0.4, 0.5) is 0 Å². The Labute approximate surface area is 113 Å². The van der Waals surface area contributed by atoms with E-state index >= 15 is 0 Å². The Bertz CT molecular complexity index is 246. The van der Waals surface area contributed by atoms with Gasteiger partial charge in [-0.15, -0.1) is 0 Å². The fourth-order valence-corrected chi connectivity index (χ4v) is 4.10. The van der Waals surface area contributed by atoms with Gasteiger partial charge in [-0.3, -0.25) is 4.90 Å². The van der Waals surface area contributed by atoms with Crippen molar-refractivity contribution in [2.75, 3.05) is 13.6 Å². The molecule has 2 fully saturated rings. The van der Waals surface area contributed by atoms with E-state index in [0.717, 1.165) is 18.5 Å². The van der Waals surface area contributed by atoms with Gasteiger partial charge in [-0.1, -0.05) is 26.7 Å². The molecule has 106 valence electrons. The Balaban J connectivity index is 1.90. The normalized spacial score (nSPS) is 27.8. The molecule has 0 aromatic heterocycles. The third-order valence-electron chi connectivity index (χ3n) is 5.59. The predicted octanol–water partition coefficient (Wildman–Crippen LogP) is 3.40. The maximum Gasteiger partial charge on any atom is 0.0246 e. The molecule has 2 nitrogen and oxygen atoms in total. The molecule has 0 aromatic carbocycles. The zero-order valence-corrected chi connectivity index (χ0v) is 12.6. The summed E-state index contributed by atoms with van der Waals surface area (Å²) in [6, 6.07) is 1.42. The fourth-order valence-electron chi connectivity index (χ4n) is 4.10. The van der Waals surface area contributed by atoms with Crippen LogP contribution < -0.4 is 5.73 Å². The smallest absolute Gasteiger partial charge is 0.0246 e. The third-order valence-corrected chi connectivity index (χ3v) is 5.59. The lowest BCUT2D eigenvalue weighted by molar-refractivity contribution is 0.0730. The first kappa shape index (κ1) is 14.3. The minimum Gasteiger partial charge on any atom is -0.329 e. The number of hydrogen-bond donors (Lipinski definition) is 1. The van der Waals surface area contributed by atoms with Gasteiger partial charge in [0, 0.05) is 18.6 Å². The lowest BCUT2D eigenvalue weighted by Crippen LogP contribution is -2.49. The third kappa shape index (κ3) is 3.27. The molecule has 2 rings (SSSR count). The Morgan fingerprint density at radius 1 is 1.11 bits per heavy atom. The van der Waals surface area contributed by atoms with Crippen LogP contribution >= 0.6 is 0 Å². The van der Waals surface area contributed by atoms with E-state index in [0.29, 0.717) is 11.5 Å². The molecule has 0 bridgehead atoms. The van der Waals surface area contributed by atoms with Gasteiger partial charge < -0.3 is 5.73 Å². The van der Waals surface area contributed by atoms with E-state index in [-0.39, 0.29) is 0 Å². The van der Waals surface area contributed by atoms with Crippen LogP contribution in [0.1, 0.15) is 65.2 Å². The Morgan fingerprint density at radius 3 is 2.17 bits per heavy atom. The van der Waals surface area contributed by atoms with Crippen molar-refractivity contribution < 1.29 is 0 Å². The summed E-state index contributed by atoms with van der Waals surface area (Å²) in [5.74, 6) is 0.870. The van der Waals surface area contributed by atoms with Crippen molar-refractivity contribution in [2.24, 2.45) is 17.1 Å². The van der Waals surface area contributed by atoms with Crippen LogP contribution in [0, 0.1) is 11.3 Å². The molecule has 2 saturated carbocycles. The second kappa shape index (κ2) is 5.92. The van der Waals surface area contributed by atoms with E-state index in [9.17, 15) is 0 Å². The second-order valence-corrected chi connectivity index (χ2v) is 7.41. The van der Waals surface area contributed by atoms with Crippen LogP contribution in [0.15, 0.2) is 0 Å². The van der Waals surface area contributed by atoms with Crippen LogP contribution in [0.3, 0.4) is 0 Å². The Morgan fingerprint density at radius 2 is 1.67 bits per heavy atom. The first-order valence-electron chi connectivity index (χ1n) is 7.95. The van der Waals surface area contributed by atoms with Gasteiger partial charge in [0.05, 0.1) is 0 Å². The topological polar surface area (TPSA) is 29.3 Å². The maximum atomic E-state index is 6.07. The van der Waals surface area contributed by atoms with Crippen molar-refractivity contribution in [3.63, 3.8) is 0 Å². The lowest BCUT2D eigenvalue weighted by Gasteiger charge is -2.43. The number of nitrogens with zero attached hydrogens (tertiary/aromatic N) is 1. The standard InChI is InChI=1S/C16H32N2/c1-16(2)10-8-14(9-11-16)18(3)15(12-17)13-6-4-5-7-13/h13-15H,4-12,17H2,1-3H3. The monoisotopic (exact) mass is 252 g/mol. The fraction of sp³-hybridized carbons (Fsp3) is 1.00. The van der Waals surface area contributed by atoms with Crippen molar-refractivity contribution in [1.82, 2.24) is 4.90 Å². The van der Waals surface area contributed by atoms with Crippen molar-refractivity contribution in [3.05, 3.63) is 0 Å². The van der Waals surface area contributed by atoms with Gasteiger partial charge in [0.15, 0.2) is 0 Å². The number of nitrogens with two attached hydrogens (primary N) is 1. The molecule has 0 radical (unpaired) electrons. The van der Waals surface area contributed by atoms with E-state index in [1.807, 2.05) is 0 Å². The van der Waals surface area contributed by atoms with E-state index < -0.39 is 0 Å². The van der Waals surface area contributed by atoms with Crippen LogP contribution in [0.25, 0.3) is 0 Å². The SMILES string of the molecule is CN(C1CCC(C)(C)CC1)C(CN)C1CCCC1. The van der Waals surface area contributed by atoms with E-state index in [1.165, 1.54) is 51.4 Å². The van der Waals surface area contributed by atoms with E-state index in [1.54, 1.807) is 0 Å². The average molecular weight is 252 g/mol. The summed E-state index contributed by atoms with van der Waals surface area (Å²) in [5, 5.41) is 0. The largest absolute Gasteiger partial charge is 0.329 e. The van der Waals surface area contributed by atoms with Gasteiger partial charge in [0.2, 0.25) is 0 Å². The van der Waals surface area contributed by atoms with E-state index in [4.69, 9.17) is 5.73 Å². The molecule has 2 heteroatoms. The van der Waals surface area contributed by atoms with Crippen molar-refractivity contribution in [1.29, 1.82) is 0 Å². The van der Waals surface area contributed by atoms with Crippen molar-refractivity contribution in [2.45, 2.75) is 77.3 Å². The van der Waals surface area contributed by atoms with Gasteiger partial charge in [-0.2, -0.15) is 0 Å². The molecule has 2 aliphatic rings. The average Bonchev–Trinajstić information content (AvgIpc) is 2.83. The van der Waals surface area contributed by atoms with Crippen LogP contribution in [0.2, 0.25) is 0 Å². The summed E-state index contributed by atoms with van der Waals surface area (Å²) in [4.78, 5) is 2.64. The zero-order chi connectivity index (χ0) is 13.2. The lowest BCUT2D eigenvalue weighted by atomic mass is 9.75. The minimum atomic E-state index is 0.572. The Kier molecular flexibility index (Phi) is 4.71. The first-order valence-corrected chi connectivity index (χ1v) is 7.95. The summed E-state index contributed by atoms with van der Waals surface area (Å²) in [7, 11) is 2.33. The van der Waals surface area contributed by atoms with Gasteiger partial charge in [-0.05, 0) is 56.9 Å². The molecule has 0 spiro atoms. The molecule has 0 amide bonds. The molecule has 0 saturated heterocycles. The second-order valence-electron chi connectivity index (χ2n) is 7.41. The molecule has 0 heterocycles. The van der Waals surface area contributed by atoms with Crippen LogP contribution in [-0.4, -0.2) is 30.6 Å². The highest BCUT2D eigenvalue weighted by Crippen LogP contribution is 2.38. The summed E-state index contributed by atoms with van der Waals surface area (Å²) in [5.41, 5.74) is 6.64. The quantitative estimate of drug-likeness (QED) is 0.831. The van der Waals surface area contributed by atoms with Crippen molar-refractivity contribution >= 4 is 0 Å². The van der Waals surface area contributed by atoms with Gasteiger partial charge in [0.1, 0.15) is 0 Å². The zero-order valence-electron chi connectivity index (χ0n) is 12.6. The van der Waals surface area contributed by atoms with Gasteiger partial charge in [-0.25, -0.2) is 0 Å². The summed E-state index contributed by atoms with van der Waals surface area (Å²) in [6.07, 6.45) is 11.2. The predicted molar refractivity (Wildman–Crippen MR) is 78.6 cm³/mol.